The molecule has 0 bridgehead atoms. The molecule has 2 N–H and O–H groups in total. The van der Waals surface area contributed by atoms with Crippen LogP contribution in [0.4, 0.5) is 14.6 Å². The van der Waals surface area contributed by atoms with Crippen LogP contribution in [0.25, 0.3) is 11.3 Å². The molecule has 0 aromatic carbocycles. The SMILES string of the molecule is CC(C)n1nc(-c2cnc(N)c(OC(F)F)c2)cc1C1[C@H]2CC(OC3COC3)C[C@@H]12. The molecular formula is C21H26F2N4O3. The van der Waals surface area contributed by atoms with E-state index in [4.69, 9.17) is 20.3 Å². The van der Waals surface area contributed by atoms with Crippen molar-refractivity contribution in [2.24, 2.45) is 11.8 Å². The topological polar surface area (TPSA) is 84.4 Å². The maximum Gasteiger partial charge on any atom is 0.387 e. The van der Waals surface area contributed by atoms with Gasteiger partial charge in [-0.05, 0) is 50.7 Å². The Labute approximate surface area is 173 Å². The number of rotatable bonds is 7. The van der Waals surface area contributed by atoms with Gasteiger partial charge >= 0.3 is 6.61 Å². The summed E-state index contributed by atoms with van der Waals surface area (Å²) in [5, 5.41) is 4.75. The molecule has 9 heteroatoms. The third-order valence-corrected chi connectivity index (χ3v) is 6.38. The van der Waals surface area contributed by atoms with Gasteiger partial charge in [0.25, 0.3) is 0 Å². The molecule has 30 heavy (non-hydrogen) atoms. The molecule has 0 radical (unpaired) electrons. The number of hydrogen-bond donors (Lipinski definition) is 1. The van der Waals surface area contributed by atoms with Gasteiger partial charge in [-0.2, -0.15) is 13.9 Å². The fourth-order valence-electron chi connectivity index (χ4n) is 4.90. The van der Waals surface area contributed by atoms with Crippen LogP contribution >= 0.6 is 0 Å². The molecule has 0 amide bonds. The van der Waals surface area contributed by atoms with Gasteiger partial charge in [0.1, 0.15) is 6.10 Å². The number of nitrogens with zero attached hydrogens (tertiary/aromatic N) is 3. The van der Waals surface area contributed by atoms with Crippen molar-refractivity contribution in [1.29, 1.82) is 0 Å². The lowest BCUT2D eigenvalue weighted by Gasteiger charge is -2.30. The van der Waals surface area contributed by atoms with Crippen LogP contribution in [0, 0.1) is 11.8 Å². The monoisotopic (exact) mass is 420 g/mol. The normalized spacial score (nSPS) is 28.1. The predicted octanol–water partition coefficient (Wildman–Crippen LogP) is 3.62. The molecule has 5 rings (SSSR count). The first-order valence-electron chi connectivity index (χ1n) is 10.4. The smallest absolute Gasteiger partial charge is 0.387 e. The molecule has 1 aliphatic heterocycles. The van der Waals surface area contributed by atoms with Gasteiger partial charge in [0, 0.05) is 29.4 Å². The van der Waals surface area contributed by atoms with Crippen molar-refractivity contribution >= 4 is 5.82 Å². The average Bonchev–Trinajstić information content (AvgIpc) is 3.03. The van der Waals surface area contributed by atoms with Crippen molar-refractivity contribution in [2.75, 3.05) is 18.9 Å². The van der Waals surface area contributed by atoms with Crippen LogP contribution in [0.15, 0.2) is 18.3 Å². The van der Waals surface area contributed by atoms with E-state index in [9.17, 15) is 8.78 Å². The number of nitrogen functional groups attached to an aromatic ring is 1. The number of pyridine rings is 1. The second-order valence-electron chi connectivity index (χ2n) is 8.72. The Hall–Kier alpha value is -2.26. The number of hydrogen-bond acceptors (Lipinski definition) is 6. The van der Waals surface area contributed by atoms with Crippen molar-refractivity contribution in [3.8, 4) is 17.0 Å². The van der Waals surface area contributed by atoms with Gasteiger partial charge in [-0.15, -0.1) is 0 Å². The highest BCUT2D eigenvalue weighted by molar-refractivity contribution is 5.64. The van der Waals surface area contributed by atoms with Crippen molar-refractivity contribution < 1.29 is 23.0 Å². The molecule has 2 aromatic heterocycles. The molecule has 3 fully saturated rings. The van der Waals surface area contributed by atoms with Crippen molar-refractivity contribution in [3.63, 3.8) is 0 Å². The zero-order valence-electron chi connectivity index (χ0n) is 17.0. The maximum atomic E-state index is 12.6. The molecule has 1 saturated heterocycles. The summed E-state index contributed by atoms with van der Waals surface area (Å²) in [6.45, 7) is 2.65. The number of alkyl halides is 2. The lowest BCUT2D eigenvalue weighted by molar-refractivity contribution is -0.154. The van der Waals surface area contributed by atoms with Crippen LogP contribution in [0.5, 0.6) is 5.75 Å². The Morgan fingerprint density at radius 2 is 1.90 bits per heavy atom. The Morgan fingerprint density at radius 1 is 1.17 bits per heavy atom. The first kappa shape index (κ1) is 19.7. The molecule has 3 heterocycles. The second kappa shape index (κ2) is 7.46. The van der Waals surface area contributed by atoms with Crippen LogP contribution in [-0.2, 0) is 9.47 Å². The summed E-state index contributed by atoms with van der Waals surface area (Å²) in [7, 11) is 0. The van der Waals surface area contributed by atoms with Crippen LogP contribution in [-0.4, -0.2) is 46.8 Å². The highest BCUT2D eigenvalue weighted by atomic mass is 19.3. The van der Waals surface area contributed by atoms with E-state index in [0.29, 0.717) is 48.3 Å². The molecular weight excluding hydrogens is 394 g/mol. The quantitative estimate of drug-likeness (QED) is 0.737. The first-order valence-corrected chi connectivity index (χ1v) is 10.4. The summed E-state index contributed by atoms with van der Waals surface area (Å²) in [4.78, 5) is 4.00. The molecule has 4 atom stereocenters. The summed E-state index contributed by atoms with van der Waals surface area (Å²) >= 11 is 0. The zero-order valence-corrected chi connectivity index (χ0v) is 17.0. The summed E-state index contributed by atoms with van der Waals surface area (Å²) in [6, 6.07) is 3.72. The maximum absolute atomic E-state index is 12.6. The number of aromatic nitrogens is 3. The molecule has 7 nitrogen and oxygen atoms in total. The molecule has 2 aromatic rings. The minimum atomic E-state index is -2.96. The summed E-state index contributed by atoms with van der Waals surface area (Å²) in [5.74, 6) is 1.49. The first-order chi connectivity index (χ1) is 14.4. The van der Waals surface area contributed by atoms with E-state index in [1.807, 2.05) is 4.68 Å². The van der Waals surface area contributed by atoms with Crippen molar-refractivity contribution in [3.05, 3.63) is 24.0 Å². The number of nitrogens with two attached hydrogens (primary N) is 1. The number of fused-ring (bicyclic) bond motifs is 1. The molecule has 2 saturated carbocycles. The standard InChI is InChI=1S/C21H26F2N4O3/c1-10(2)27-17(19-14-4-12(5-15(14)19)29-13-8-28-9-13)6-16(26-27)11-3-18(30-21(22)23)20(24)25-7-11/h3,6-7,10,12-15,19,21H,4-5,8-9H2,1-2H3,(H2,24,25)/t12?,14-,15+,19?. The summed E-state index contributed by atoms with van der Waals surface area (Å²) in [6.07, 6.45) is 4.28. The van der Waals surface area contributed by atoms with E-state index in [1.54, 1.807) is 6.20 Å². The molecule has 2 aliphatic carbocycles. The second-order valence-corrected chi connectivity index (χ2v) is 8.72. The lowest BCUT2D eigenvalue weighted by Crippen LogP contribution is -2.38. The molecule has 0 spiro atoms. The van der Waals surface area contributed by atoms with Gasteiger partial charge in [-0.1, -0.05) is 0 Å². The fraction of sp³-hybridized carbons (Fsp3) is 0.619. The largest absolute Gasteiger partial charge is 0.431 e. The van der Waals surface area contributed by atoms with Crippen LogP contribution in [0.3, 0.4) is 0 Å². The van der Waals surface area contributed by atoms with E-state index in [1.165, 1.54) is 11.8 Å². The third-order valence-electron chi connectivity index (χ3n) is 6.38. The van der Waals surface area contributed by atoms with Crippen LogP contribution in [0.2, 0.25) is 0 Å². The Kier molecular flexibility index (Phi) is 4.89. The highest BCUT2D eigenvalue weighted by Gasteiger charge is 2.58. The lowest BCUT2D eigenvalue weighted by atomic mass is 10.0. The van der Waals surface area contributed by atoms with Gasteiger partial charge in [0.05, 0.1) is 25.0 Å². The minimum Gasteiger partial charge on any atom is -0.431 e. The van der Waals surface area contributed by atoms with Gasteiger partial charge in [0.15, 0.2) is 11.6 Å². The Morgan fingerprint density at radius 3 is 2.50 bits per heavy atom. The van der Waals surface area contributed by atoms with E-state index >= 15 is 0 Å². The van der Waals surface area contributed by atoms with Crippen LogP contribution in [0.1, 0.15) is 44.3 Å². The number of halogens is 2. The van der Waals surface area contributed by atoms with Gasteiger partial charge < -0.3 is 19.9 Å². The number of ether oxygens (including phenoxy) is 3. The zero-order chi connectivity index (χ0) is 21.0. The molecule has 162 valence electrons. The van der Waals surface area contributed by atoms with E-state index < -0.39 is 6.61 Å². The molecule has 2 unspecified atom stereocenters. The van der Waals surface area contributed by atoms with Gasteiger partial charge in [0.2, 0.25) is 0 Å². The Bertz CT molecular complexity index is 919. The van der Waals surface area contributed by atoms with E-state index in [2.05, 4.69) is 29.6 Å². The molecule has 3 aliphatic rings. The summed E-state index contributed by atoms with van der Waals surface area (Å²) in [5.41, 5.74) is 8.15. The van der Waals surface area contributed by atoms with E-state index in [0.717, 1.165) is 12.8 Å². The van der Waals surface area contributed by atoms with E-state index in [-0.39, 0.29) is 23.7 Å². The van der Waals surface area contributed by atoms with Crippen molar-refractivity contribution in [1.82, 2.24) is 14.8 Å². The summed E-state index contributed by atoms with van der Waals surface area (Å²) < 4.78 is 43.1. The average molecular weight is 420 g/mol. The predicted molar refractivity (Wildman–Crippen MR) is 105 cm³/mol. The fourth-order valence-corrected chi connectivity index (χ4v) is 4.90. The minimum absolute atomic E-state index is 0.0674. The van der Waals surface area contributed by atoms with Gasteiger partial charge in [-0.25, -0.2) is 4.98 Å². The third kappa shape index (κ3) is 3.54. The van der Waals surface area contributed by atoms with Crippen molar-refractivity contribution in [2.45, 2.75) is 57.5 Å². The highest BCUT2D eigenvalue weighted by Crippen LogP contribution is 2.64. The van der Waals surface area contributed by atoms with Gasteiger partial charge in [-0.3, -0.25) is 4.68 Å². The Balaban J connectivity index is 1.35. The van der Waals surface area contributed by atoms with Crippen LogP contribution < -0.4 is 10.5 Å². The number of anilines is 1.